The van der Waals surface area contributed by atoms with Gasteiger partial charge in [-0.15, -0.1) is 11.3 Å². The first-order valence-corrected chi connectivity index (χ1v) is 13.2. The lowest BCUT2D eigenvalue weighted by Crippen LogP contribution is -2.13. The number of ether oxygens (including phenoxy) is 2. The standard InChI is InChI=1S/C31H29NO5S/c1-4-37-31(35)16-22-7-5-21(6-8-22)15-29(34)32-30-18-26(19-38-30)23-9-11-24(12-10-23)27-14-13-25(20(2)33)17-28(27)36-3/h5-14,17-19H,4,15-16H2,1-3H3,(H,32,34). The van der Waals surface area contributed by atoms with Gasteiger partial charge in [-0.3, -0.25) is 14.4 Å². The number of amides is 1. The lowest BCUT2D eigenvalue weighted by molar-refractivity contribution is -0.142. The van der Waals surface area contributed by atoms with Gasteiger partial charge in [-0.05, 0) is 59.9 Å². The van der Waals surface area contributed by atoms with Crippen LogP contribution in [0.1, 0.15) is 35.3 Å². The van der Waals surface area contributed by atoms with E-state index in [-0.39, 0.29) is 30.5 Å². The highest BCUT2D eigenvalue weighted by Crippen LogP contribution is 2.34. The lowest BCUT2D eigenvalue weighted by Gasteiger charge is -2.10. The molecule has 0 aliphatic rings. The molecule has 0 radical (unpaired) electrons. The van der Waals surface area contributed by atoms with E-state index in [1.807, 2.05) is 66.0 Å². The van der Waals surface area contributed by atoms with E-state index < -0.39 is 0 Å². The van der Waals surface area contributed by atoms with Crippen LogP contribution in [-0.4, -0.2) is 31.4 Å². The van der Waals surface area contributed by atoms with E-state index in [4.69, 9.17) is 9.47 Å². The van der Waals surface area contributed by atoms with Crippen LogP contribution in [0, 0.1) is 0 Å². The van der Waals surface area contributed by atoms with Gasteiger partial charge in [-0.2, -0.15) is 0 Å². The summed E-state index contributed by atoms with van der Waals surface area (Å²) in [5.41, 5.74) is 6.28. The number of hydrogen-bond acceptors (Lipinski definition) is 6. The second-order valence-corrected chi connectivity index (χ2v) is 9.68. The molecule has 4 aromatic rings. The number of benzene rings is 3. The van der Waals surface area contributed by atoms with Gasteiger partial charge in [0.1, 0.15) is 5.75 Å². The van der Waals surface area contributed by atoms with Crippen LogP contribution >= 0.6 is 11.3 Å². The number of anilines is 1. The van der Waals surface area contributed by atoms with Crippen LogP contribution in [0.5, 0.6) is 5.75 Å². The highest BCUT2D eigenvalue weighted by molar-refractivity contribution is 7.14. The Morgan fingerprint density at radius 3 is 2.11 bits per heavy atom. The van der Waals surface area contributed by atoms with Crippen LogP contribution in [0.25, 0.3) is 22.3 Å². The zero-order chi connectivity index (χ0) is 27.1. The first-order chi connectivity index (χ1) is 18.4. The molecule has 3 aromatic carbocycles. The predicted molar refractivity (Wildman–Crippen MR) is 151 cm³/mol. The summed E-state index contributed by atoms with van der Waals surface area (Å²) in [7, 11) is 1.60. The Balaban J connectivity index is 1.38. The summed E-state index contributed by atoms with van der Waals surface area (Å²) in [6.45, 7) is 3.68. The topological polar surface area (TPSA) is 81.7 Å². The molecule has 1 N–H and O–H groups in total. The predicted octanol–water partition coefficient (Wildman–Crippen LogP) is 6.58. The number of nitrogens with one attached hydrogen (secondary N) is 1. The summed E-state index contributed by atoms with van der Waals surface area (Å²) in [6.07, 6.45) is 0.463. The Hall–Kier alpha value is -4.23. The fraction of sp³-hybridized carbons (Fsp3) is 0.194. The normalized spacial score (nSPS) is 10.6. The third-order valence-electron chi connectivity index (χ3n) is 6.04. The number of esters is 1. The summed E-state index contributed by atoms with van der Waals surface area (Å²) in [5, 5.41) is 5.76. The van der Waals surface area contributed by atoms with E-state index in [1.54, 1.807) is 26.2 Å². The van der Waals surface area contributed by atoms with E-state index in [2.05, 4.69) is 5.32 Å². The molecule has 0 saturated heterocycles. The van der Waals surface area contributed by atoms with Gasteiger partial charge in [-0.1, -0.05) is 54.6 Å². The van der Waals surface area contributed by atoms with E-state index >= 15 is 0 Å². The van der Waals surface area contributed by atoms with Crippen molar-refractivity contribution in [3.8, 4) is 28.0 Å². The maximum absolute atomic E-state index is 12.6. The summed E-state index contributed by atoms with van der Waals surface area (Å²) < 4.78 is 10.5. The van der Waals surface area contributed by atoms with Gasteiger partial charge in [0.05, 0.1) is 31.6 Å². The second-order valence-electron chi connectivity index (χ2n) is 8.77. The summed E-state index contributed by atoms with van der Waals surface area (Å²) in [5.74, 6) is 0.284. The molecule has 0 fully saturated rings. The molecule has 1 aromatic heterocycles. The molecule has 0 aliphatic carbocycles. The quantitative estimate of drug-likeness (QED) is 0.186. The van der Waals surface area contributed by atoms with Gasteiger partial charge >= 0.3 is 5.97 Å². The second kappa shape index (κ2) is 12.3. The third kappa shape index (κ3) is 6.75. The van der Waals surface area contributed by atoms with E-state index in [1.165, 1.54) is 18.3 Å². The van der Waals surface area contributed by atoms with Crippen molar-refractivity contribution in [2.45, 2.75) is 26.7 Å². The number of hydrogen-bond donors (Lipinski definition) is 1. The average molecular weight is 528 g/mol. The third-order valence-corrected chi connectivity index (χ3v) is 6.89. The molecule has 1 amide bonds. The summed E-state index contributed by atoms with van der Waals surface area (Å²) >= 11 is 1.47. The molecule has 6 nitrogen and oxygen atoms in total. The largest absolute Gasteiger partial charge is 0.496 e. The Morgan fingerprint density at radius 1 is 0.816 bits per heavy atom. The average Bonchev–Trinajstić information content (AvgIpc) is 3.38. The number of ketones is 1. The molecule has 7 heteroatoms. The van der Waals surface area contributed by atoms with Crippen molar-refractivity contribution in [2.24, 2.45) is 0 Å². The van der Waals surface area contributed by atoms with Crippen LogP contribution in [-0.2, 0) is 27.2 Å². The maximum atomic E-state index is 12.6. The highest BCUT2D eigenvalue weighted by Gasteiger charge is 2.12. The lowest BCUT2D eigenvalue weighted by atomic mass is 9.99. The van der Waals surface area contributed by atoms with Crippen molar-refractivity contribution in [2.75, 3.05) is 19.0 Å². The van der Waals surface area contributed by atoms with E-state index in [9.17, 15) is 14.4 Å². The van der Waals surface area contributed by atoms with E-state index in [0.717, 1.165) is 38.4 Å². The molecule has 0 atom stereocenters. The van der Waals surface area contributed by atoms with Crippen molar-refractivity contribution in [3.63, 3.8) is 0 Å². The van der Waals surface area contributed by atoms with Gasteiger partial charge in [0.2, 0.25) is 5.91 Å². The Labute approximate surface area is 226 Å². The number of methoxy groups -OCH3 is 1. The van der Waals surface area contributed by atoms with E-state index in [0.29, 0.717) is 17.9 Å². The molecule has 0 spiro atoms. The van der Waals surface area contributed by atoms with Crippen molar-refractivity contribution in [3.05, 3.63) is 94.9 Å². The van der Waals surface area contributed by atoms with Gasteiger partial charge in [0, 0.05) is 16.5 Å². The van der Waals surface area contributed by atoms with Crippen LogP contribution in [0.2, 0.25) is 0 Å². The molecule has 0 bridgehead atoms. The van der Waals surface area contributed by atoms with Crippen LogP contribution in [0.3, 0.4) is 0 Å². The number of carbonyl (C=O) groups is 3. The SMILES string of the molecule is CCOC(=O)Cc1ccc(CC(=O)Nc2cc(-c3ccc(-c4ccc(C(C)=O)cc4OC)cc3)cs2)cc1. The monoisotopic (exact) mass is 527 g/mol. The zero-order valence-corrected chi connectivity index (χ0v) is 22.4. The number of carbonyl (C=O) groups excluding carboxylic acids is 3. The summed E-state index contributed by atoms with van der Waals surface area (Å²) in [4.78, 5) is 35.9. The molecule has 0 saturated carbocycles. The minimum Gasteiger partial charge on any atom is -0.496 e. The summed E-state index contributed by atoms with van der Waals surface area (Å²) in [6, 6.07) is 22.9. The number of Topliss-reactive ketones (excluding diaryl/α,β-unsaturated/α-hetero) is 1. The van der Waals surface area contributed by atoms with Crippen molar-refractivity contribution < 1.29 is 23.9 Å². The highest BCUT2D eigenvalue weighted by atomic mass is 32.1. The first-order valence-electron chi connectivity index (χ1n) is 12.3. The first kappa shape index (κ1) is 26.8. The smallest absolute Gasteiger partial charge is 0.310 e. The molecule has 194 valence electrons. The van der Waals surface area contributed by atoms with Gasteiger partial charge in [0.15, 0.2) is 5.78 Å². The molecule has 0 aliphatic heterocycles. The minimum atomic E-state index is -0.260. The molecule has 38 heavy (non-hydrogen) atoms. The van der Waals surface area contributed by atoms with Gasteiger partial charge < -0.3 is 14.8 Å². The Bertz CT molecular complexity index is 1440. The molecule has 4 rings (SSSR count). The van der Waals surface area contributed by atoms with Crippen LogP contribution in [0.4, 0.5) is 5.00 Å². The fourth-order valence-electron chi connectivity index (χ4n) is 4.06. The molecular formula is C31H29NO5S. The minimum absolute atomic E-state index is 0.00510. The van der Waals surface area contributed by atoms with Crippen LogP contribution in [0.15, 0.2) is 78.2 Å². The fourth-order valence-corrected chi connectivity index (χ4v) is 4.89. The van der Waals surface area contributed by atoms with Crippen molar-refractivity contribution in [1.82, 2.24) is 0 Å². The molecule has 1 heterocycles. The Morgan fingerprint density at radius 2 is 1.47 bits per heavy atom. The van der Waals surface area contributed by atoms with Crippen molar-refractivity contribution >= 4 is 34.0 Å². The van der Waals surface area contributed by atoms with Gasteiger partial charge in [0.25, 0.3) is 0 Å². The number of rotatable bonds is 10. The van der Waals surface area contributed by atoms with Crippen LogP contribution < -0.4 is 10.1 Å². The zero-order valence-electron chi connectivity index (χ0n) is 21.6. The molecule has 0 unspecified atom stereocenters. The van der Waals surface area contributed by atoms with Crippen molar-refractivity contribution in [1.29, 1.82) is 0 Å². The van der Waals surface area contributed by atoms with Gasteiger partial charge in [-0.25, -0.2) is 0 Å². The maximum Gasteiger partial charge on any atom is 0.310 e. The number of thiophene rings is 1. The Kier molecular flexibility index (Phi) is 8.71. The molecular weight excluding hydrogens is 498 g/mol.